The Morgan fingerprint density at radius 3 is 2.26 bits per heavy atom. The predicted octanol–water partition coefficient (Wildman–Crippen LogP) is 4.85. The van der Waals surface area contributed by atoms with Crippen LogP contribution in [0.2, 0.25) is 0 Å². The van der Waals surface area contributed by atoms with Crippen molar-refractivity contribution in [2.45, 2.75) is 32.6 Å². The van der Waals surface area contributed by atoms with E-state index < -0.39 is 0 Å². The van der Waals surface area contributed by atoms with Gasteiger partial charge < -0.3 is 15.0 Å². The van der Waals surface area contributed by atoms with Gasteiger partial charge in [0.15, 0.2) is 12.4 Å². The highest BCUT2D eigenvalue weighted by atomic mass is 16.5. The number of rotatable bonds is 6. The Labute approximate surface area is 183 Å². The average molecular weight is 417 g/mol. The molecule has 1 fully saturated rings. The highest BCUT2D eigenvalue weighted by Crippen LogP contribution is 2.22. The highest BCUT2D eigenvalue weighted by Gasteiger charge is 2.12. The van der Waals surface area contributed by atoms with Crippen LogP contribution in [0.4, 0.5) is 11.5 Å². The molecule has 0 saturated carbocycles. The van der Waals surface area contributed by atoms with E-state index in [-0.39, 0.29) is 12.5 Å². The molecule has 3 aromatic rings. The van der Waals surface area contributed by atoms with Gasteiger partial charge in [-0.1, -0.05) is 42.7 Å². The Hall–Kier alpha value is -3.41. The summed E-state index contributed by atoms with van der Waals surface area (Å²) < 4.78 is 5.52. The average Bonchev–Trinajstić information content (AvgIpc) is 3.09. The van der Waals surface area contributed by atoms with Crippen molar-refractivity contribution in [3.05, 3.63) is 66.2 Å². The monoisotopic (exact) mass is 416 g/mol. The summed E-state index contributed by atoms with van der Waals surface area (Å²) in [6, 6.07) is 19.3. The molecule has 0 atom stereocenters. The first-order valence-corrected chi connectivity index (χ1v) is 10.9. The minimum absolute atomic E-state index is 0.0335. The predicted molar refractivity (Wildman–Crippen MR) is 123 cm³/mol. The summed E-state index contributed by atoms with van der Waals surface area (Å²) in [6.45, 7) is 4.08. The van der Waals surface area contributed by atoms with Gasteiger partial charge in [0.05, 0.1) is 5.69 Å². The van der Waals surface area contributed by atoms with Crippen molar-refractivity contribution < 1.29 is 9.53 Å². The molecule has 6 nitrogen and oxygen atoms in total. The fraction of sp³-hybridized carbons (Fsp3) is 0.320. The fourth-order valence-electron chi connectivity index (χ4n) is 3.65. The van der Waals surface area contributed by atoms with Crippen molar-refractivity contribution in [2.24, 2.45) is 0 Å². The van der Waals surface area contributed by atoms with Crippen LogP contribution < -0.4 is 15.0 Å². The van der Waals surface area contributed by atoms with E-state index >= 15 is 0 Å². The topological polar surface area (TPSA) is 67.3 Å². The second-order valence-corrected chi connectivity index (χ2v) is 7.91. The van der Waals surface area contributed by atoms with E-state index in [0.29, 0.717) is 5.75 Å². The van der Waals surface area contributed by atoms with Gasteiger partial charge in [0, 0.05) is 24.3 Å². The molecule has 0 unspecified atom stereocenters. The molecule has 4 rings (SSSR count). The van der Waals surface area contributed by atoms with Crippen LogP contribution in [-0.4, -0.2) is 35.8 Å². The zero-order valence-electron chi connectivity index (χ0n) is 17.9. The maximum atomic E-state index is 12.2. The zero-order chi connectivity index (χ0) is 21.5. The highest BCUT2D eigenvalue weighted by molar-refractivity contribution is 5.92. The van der Waals surface area contributed by atoms with Crippen molar-refractivity contribution in [3.63, 3.8) is 0 Å². The van der Waals surface area contributed by atoms with Crippen molar-refractivity contribution >= 4 is 17.4 Å². The zero-order valence-corrected chi connectivity index (χ0v) is 17.9. The second kappa shape index (κ2) is 10.1. The minimum Gasteiger partial charge on any atom is -0.484 e. The van der Waals surface area contributed by atoms with Crippen LogP contribution in [0.5, 0.6) is 5.75 Å². The van der Waals surface area contributed by atoms with Crippen molar-refractivity contribution in [2.75, 3.05) is 29.9 Å². The van der Waals surface area contributed by atoms with E-state index in [2.05, 4.69) is 20.4 Å². The quantitative estimate of drug-likeness (QED) is 0.622. The van der Waals surface area contributed by atoms with Gasteiger partial charge in [-0.05, 0) is 56.2 Å². The first kappa shape index (κ1) is 20.8. The molecule has 6 heteroatoms. The first-order valence-electron chi connectivity index (χ1n) is 10.9. The Kier molecular flexibility index (Phi) is 6.77. The number of carbonyl (C=O) groups is 1. The molecular formula is C25H28N4O2. The van der Waals surface area contributed by atoms with E-state index in [1.165, 1.54) is 25.7 Å². The third-order valence-corrected chi connectivity index (χ3v) is 5.44. The fourth-order valence-corrected chi connectivity index (χ4v) is 3.65. The molecule has 1 amide bonds. The molecule has 0 bridgehead atoms. The van der Waals surface area contributed by atoms with E-state index in [4.69, 9.17) is 4.74 Å². The van der Waals surface area contributed by atoms with Gasteiger partial charge in [-0.15, -0.1) is 10.2 Å². The number of hydrogen-bond donors (Lipinski definition) is 1. The second-order valence-electron chi connectivity index (χ2n) is 7.91. The number of ether oxygens (including phenoxy) is 1. The normalized spacial score (nSPS) is 14.0. The number of nitrogens with one attached hydrogen (secondary N) is 1. The minimum atomic E-state index is -0.199. The van der Waals surface area contributed by atoms with Crippen LogP contribution in [-0.2, 0) is 4.79 Å². The Balaban J connectivity index is 1.32. The van der Waals surface area contributed by atoms with Crippen LogP contribution in [0.3, 0.4) is 0 Å². The lowest BCUT2D eigenvalue weighted by Crippen LogP contribution is -2.25. The Morgan fingerprint density at radius 2 is 1.61 bits per heavy atom. The summed E-state index contributed by atoms with van der Waals surface area (Å²) in [6.07, 6.45) is 5.02. The van der Waals surface area contributed by atoms with E-state index in [1.807, 2.05) is 67.6 Å². The van der Waals surface area contributed by atoms with Crippen LogP contribution >= 0.6 is 0 Å². The summed E-state index contributed by atoms with van der Waals surface area (Å²) >= 11 is 0. The number of hydrogen-bond acceptors (Lipinski definition) is 5. The van der Waals surface area contributed by atoms with Crippen molar-refractivity contribution in [3.8, 4) is 17.0 Å². The lowest BCUT2D eigenvalue weighted by molar-refractivity contribution is -0.118. The third-order valence-electron chi connectivity index (χ3n) is 5.44. The van der Waals surface area contributed by atoms with E-state index in [0.717, 1.165) is 41.4 Å². The van der Waals surface area contributed by atoms with Gasteiger partial charge in [-0.2, -0.15) is 0 Å². The SMILES string of the molecule is Cc1ccc(OCC(=O)Nc2ccc(-c3ccc(N4CCCCCC4)nn3)cc2)cc1. The molecule has 1 aromatic heterocycles. The first-order chi connectivity index (χ1) is 15.2. The lowest BCUT2D eigenvalue weighted by Gasteiger charge is -2.20. The van der Waals surface area contributed by atoms with Crippen LogP contribution in [0.1, 0.15) is 31.2 Å². The van der Waals surface area contributed by atoms with Gasteiger partial charge in [0.25, 0.3) is 5.91 Å². The number of aromatic nitrogens is 2. The molecular weight excluding hydrogens is 388 g/mol. The molecule has 0 radical (unpaired) electrons. The summed E-state index contributed by atoms with van der Waals surface area (Å²) in [5.41, 5.74) is 3.65. The number of amides is 1. The van der Waals surface area contributed by atoms with Gasteiger partial charge in [-0.25, -0.2) is 0 Å². The molecule has 160 valence electrons. The summed E-state index contributed by atoms with van der Waals surface area (Å²) in [5.74, 6) is 1.43. The smallest absolute Gasteiger partial charge is 0.262 e. The Bertz CT molecular complexity index is 978. The Morgan fingerprint density at radius 1 is 0.903 bits per heavy atom. The van der Waals surface area contributed by atoms with E-state index in [1.54, 1.807) is 0 Å². The number of anilines is 2. The number of carbonyl (C=O) groups excluding carboxylic acids is 1. The molecule has 2 aromatic carbocycles. The van der Waals surface area contributed by atoms with Crippen LogP contribution in [0, 0.1) is 6.92 Å². The van der Waals surface area contributed by atoms with Crippen molar-refractivity contribution in [1.29, 1.82) is 0 Å². The molecule has 1 aliphatic heterocycles. The lowest BCUT2D eigenvalue weighted by atomic mass is 10.1. The van der Waals surface area contributed by atoms with Gasteiger partial charge in [-0.3, -0.25) is 4.79 Å². The van der Waals surface area contributed by atoms with Crippen LogP contribution in [0.25, 0.3) is 11.3 Å². The summed E-state index contributed by atoms with van der Waals surface area (Å²) in [4.78, 5) is 14.5. The maximum absolute atomic E-state index is 12.2. The standard InChI is InChI=1S/C25H28N4O2/c1-19-6-12-22(13-7-19)31-18-25(30)26-21-10-8-20(9-11-21)23-14-15-24(28-27-23)29-16-4-2-3-5-17-29/h6-15H,2-5,16-18H2,1H3,(H,26,30). The van der Waals surface area contributed by atoms with Gasteiger partial charge in [0.2, 0.25) is 0 Å². The maximum Gasteiger partial charge on any atom is 0.262 e. The van der Waals surface area contributed by atoms with Crippen LogP contribution in [0.15, 0.2) is 60.7 Å². The summed E-state index contributed by atoms with van der Waals surface area (Å²) in [5, 5.41) is 11.7. The summed E-state index contributed by atoms with van der Waals surface area (Å²) in [7, 11) is 0. The largest absolute Gasteiger partial charge is 0.484 e. The molecule has 31 heavy (non-hydrogen) atoms. The van der Waals surface area contributed by atoms with Gasteiger partial charge >= 0.3 is 0 Å². The number of benzene rings is 2. The number of aryl methyl sites for hydroxylation is 1. The molecule has 1 N–H and O–H groups in total. The molecule has 1 saturated heterocycles. The van der Waals surface area contributed by atoms with Crippen molar-refractivity contribution in [1.82, 2.24) is 10.2 Å². The molecule has 1 aliphatic rings. The van der Waals surface area contributed by atoms with E-state index in [9.17, 15) is 4.79 Å². The molecule has 0 aliphatic carbocycles. The molecule has 0 spiro atoms. The van der Waals surface area contributed by atoms with Gasteiger partial charge in [0.1, 0.15) is 5.75 Å². The number of nitrogens with zero attached hydrogens (tertiary/aromatic N) is 3. The third kappa shape index (κ3) is 5.81. The molecule has 2 heterocycles.